The number of amides is 2. The maximum Gasteiger partial charge on any atom is 0.471 e. The fourth-order valence-electron chi connectivity index (χ4n) is 7.58. The monoisotopic (exact) mass is 770 g/mol. The van der Waals surface area contributed by atoms with Crippen LogP contribution in [0.4, 0.5) is 26.3 Å². The van der Waals surface area contributed by atoms with Crippen LogP contribution >= 0.6 is 0 Å². The van der Waals surface area contributed by atoms with Gasteiger partial charge in [0, 0.05) is 59.1 Å². The first kappa shape index (κ1) is 42.1. The standard InChI is InChI=1S/C23H29F3N2OSi.C17H15F3N2O.CH4/c1-7-8-12-19-20-17(14-15-27(19)21(29)23(24,25)26)16-11-9-10-13-18(16)28(20)30(5,6)22(2,3)4;1-2-3-8-14-15-12(11-6-4-5-7-13(11)21-15)9-10-22(14)16(23)17(18,19)20;/h1,9-11,13,19H,8,12,14-15H2,2-6H3;1,4-7,14,21H,3,8-10H2;1H4/t19-;14-;/m00./s1. The summed E-state index contributed by atoms with van der Waals surface area (Å²) in [6.07, 6.45) is 2.99. The Labute approximate surface area is 314 Å². The van der Waals surface area contributed by atoms with E-state index >= 15 is 0 Å². The van der Waals surface area contributed by atoms with Gasteiger partial charge in [0.2, 0.25) is 0 Å². The zero-order valence-electron chi connectivity index (χ0n) is 30.5. The van der Waals surface area contributed by atoms with E-state index in [0.717, 1.165) is 48.4 Å². The number of halogens is 6. The fourth-order valence-corrected chi connectivity index (χ4v) is 9.93. The van der Waals surface area contributed by atoms with Crippen LogP contribution in [0.3, 0.4) is 0 Å². The van der Waals surface area contributed by atoms with Gasteiger partial charge in [0.1, 0.15) is 0 Å². The number of hydrogen-bond acceptors (Lipinski definition) is 2. The average Bonchev–Trinajstić information content (AvgIpc) is 3.64. The Morgan fingerprint density at radius 1 is 0.778 bits per heavy atom. The van der Waals surface area contributed by atoms with E-state index in [4.69, 9.17) is 12.8 Å². The second-order valence-corrected chi connectivity index (χ2v) is 20.2. The molecule has 13 heteroatoms. The van der Waals surface area contributed by atoms with Gasteiger partial charge in [-0.15, -0.1) is 24.7 Å². The van der Waals surface area contributed by atoms with Crippen molar-refractivity contribution in [1.82, 2.24) is 19.0 Å². The summed E-state index contributed by atoms with van der Waals surface area (Å²) in [5.41, 5.74) is 5.47. The van der Waals surface area contributed by atoms with Gasteiger partial charge in [-0.1, -0.05) is 77.7 Å². The first-order chi connectivity index (χ1) is 24.8. The predicted octanol–water partition coefficient (Wildman–Crippen LogP) is 10.1. The molecule has 0 fully saturated rings. The van der Waals surface area contributed by atoms with E-state index in [1.807, 2.05) is 48.5 Å². The van der Waals surface area contributed by atoms with Crippen LogP contribution in [-0.2, 0) is 22.4 Å². The number of benzene rings is 2. The van der Waals surface area contributed by atoms with Gasteiger partial charge in [0.25, 0.3) is 0 Å². The molecule has 2 aromatic heterocycles. The molecule has 0 unspecified atom stereocenters. The highest BCUT2D eigenvalue weighted by Gasteiger charge is 2.50. The number of aromatic nitrogens is 2. The molecule has 0 saturated carbocycles. The lowest BCUT2D eigenvalue weighted by atomic mass is 9.94. The number of rotatable bonds is 5. The number of aromatic amines is 1. The lowest BCUT2D eigenvalue weighted by Crippen LogP contribution is -2.51. The molecule has 0 saturated heterocycles. The molecule has 2 aliphatic rings. The van der Waals surface area contributed by atoms with Crippen molar-refractivity contribution in [2.75, 3.05) is 13.1 Å². The minimum Gasteiger partial charge on any atom is -0.370 e. The Balaban J connectivity index is 0.000000244. The van der Waals surface area contributed by atoms with E-state index in [9.17, 15) is 35.9 Å². The van der Waals surface area contributed by atoms with Gasteiger partial charge in [-0.25, -0.2) is 0 Å². The van der Waals surface area contributed by atoms with Crippen molar-refractivity contribution in [1.29, 1.82) is 0 Å². The molecule has 2 atom stereocenters. The number of terminal acetylenes is 2. The maximum absolute atomic E-state index is 13.4. The topological polar surface area (TPSA) is 61.3 Å². The highest BCUT2D eigenvalue weighted by Crippen LogP contribution is 2.47. The second kappa shape index (κ2) is 15.6. The molecule has 6 nitrogen and oxygen atoms in total. The third kappa shape index (κ3) is 7.79. The largest absolute Gasteiger partial charge is 0.471 e. The van der Waals surface area contributed by atoms with Crippen LogP contribution in [-0.4, -0.2) is 64.5 Å². The molecular weight excluding hydrogens is 723 g/mol. The van der Waals surface area contributed by atoms with E-state index in [1.165, 1.54) is 0 Å². The molecular formula is C41H48F6N4O2Si. The fraction of sp³-hybridized carbons (Fsp3) is 0.463. The van der Waals surface area contributed by atoms with Crippen molar-refractivity contribution in [3.8, 4) is 24.7 Å². The number of alkyl halides is 6. The van der Waals surface area contributed by atoms with Crippen molar-refractivity contribution in [2.45, 2.75) is 109 Å². The smallest absolute Gasteiger partial charge is 0.370 e. The highest BCUT2D eigenvalue weighted by atomic mass is 28.3. The molecule has 4 aromatic rings. The Morgan fingerprint density at radius 2 is 1.26 bits per heavy atom. The molecule has 0 aliphatic carbocycles. The average molecular weight is 771 g/mol. The van der Waals surface area contributed by atoms with Crippen molar-refractivity contribution < 1.29 is 35.9 Å². The molecule has 2 aliphatic heterocycles. The molecule has 2 amide bonds. The van der Waals surface area contributed by atoms with E-state index in [2.05, 4.69) is 54.9 Å². The second-order valence-electron chi connectivity index (χ2n) is 15.1. The summed E-state index contributed by atoms with van der Waals surface area (Å²) in [5, 5.41) is 2.02. The van der Waals surface area contributed by atoms with Crippen molar-refractivity contribution >= 4 is 41.9 Å². The third-order valence-electron chi connectivity index (χ3n) is 11.0. The molecule has 0 radical (unpaired) electrons. The van der Waals surface area contributed by atoms with Gasteiger partial charge < -0.3 is 19.0 Å². The normalized spacial score (nSPS) is 17.4. The summed E-state index contributed by atoms with van der Waals surface area (Å²) < 4.78 is 81.1. The number of nitrogens with zero attached hydrogens (tertiary/aromatic N) is 3. The number of fused-ring (bicyclic) bond motifs is 6. The Hall–Kier alpha value is -4.62. The summed E-state index contributed by atoms with van der Waals surface area (Å²) in [7, 11) is -2.22. The summed E-state index contributed by atoms with van der Waals surface area (Å²) in [4.78, 5) is 29.2. The van der Waals surface area contributed by atoms with Crippen LogP contribution in [0.5, 0.6) is 0 Å². The van der Waals surface area contributed by atoms with Gasteiger partial charge in [-0.05, 0) is 54.0 Å². The van der Waals surface area contributed by atoms with Crippen molar-refractivity contribution in [2.24, 2.45) is 0 Å². The zero-order chi connectivity index (χ0) is 39.1. The maximum atomic E-state index is 13.4. The first-order valence-electron chi connectivity index (χ1n) is 17.6. The summed E-state index contributed by atoms with van der Waals surface area (Å²) >= 11 is 0. The lowest BCUT2D eigenvalue weighted by molar-refractivity contribution is -0.188. The number of carbonyl (C=O) groups excluding carboxylic acids is 2. The van der Waals surface area contributed by atoms with Crippen LogP contribution in [0.1, 0.15) is 88.5 Å². The SMILES string of the molecule is C.C#CCC[C@H]1c2[nH]c3ccccc3c2CCN1C(=O)C(F)(F)F.C#CCC[C@H]1c2c(c3ccccc3n2[Si](C)(C)C(C)(C)C)CCN1C(=O)C(F)(F)F. The van der Waals surface area contributed by atoms with E-state index in [0.29, 0.717) is 44.2 Å². The molecule has 6 rings (SSSR count). The molecule has 290 valence electrons. The molecule has 4 heterocycles. The summed E-state index contributed by atoms with van der Waals surface area (Å²) in [5.74, 6) is 1.42. The number of carbonyl (C=O) groups is 2. The number of para-hydroxylation sites is 2. The van der Waals surface area contributed by atoms with Gasteiger partial charge in [0.05, 0.1) is 12.1 Å². The summed E-state index contributed by atoms with van der Waals surface area (Å²) in [6, 6.07) is 14.2. The zero-order valence-corrected chi connectivity index (χ0v) is 31.5. The quantitative estimate of drug-likeness (QED) is 0.125. The Morgan fingerprint density at radius 3 is 1.80 bits per heavy atom. The van der Waals surface area contributed by atoms with Gasteiger partial charge in [-0.2, -0.15) is 26.3 Å². The first-order valence-corrected chi connectivity index (χ1v) is 20.5. The van der Waals surface area contributed by atoms with Gasteiger partial charge >= 0.3 is 24.2 Å². The third-order valence-corrected chi connectivity index (χ3v) is 16.3. The van der Waals surface area contributed by atoms with Crippen molar-refractivity contribution in [3.63, 3.8) is 0 Å². The predicted molar refractivity (Wildman–Crippen MR) is 204 cm³/mol. The minimum atomic E-state index is -4.90. The Kier molecular flexibility index (Phi) is 12.2. The number of nitrogens with one attached hydrogen (secondary N) is 1. The molecule has 0 spiro atoms. The van der Waals surface area contributed by atoms with Crippen molar-refractivity contribution in [3.05, 3.63) is 71.0 Å². The van der Waals surface area contributed by atoms with E-state index < -0.39 is 44.5 Å². The molecule has 2 aromatic carbocycles. The molecule has 1 N–H and O–H groups in total. The number of hydrogen-bond donors (Lipinski definition) is 1. The van der Waals surface area contributed by atoms with Crippen LogP contribution < -0.4 is 0 Å². The van der Waals surface area contributed by atoms with E-state index in [1.54, 1.807) is 0 Å². The molecule has 0 bridgehead atoms. The number of H-pyrrole nitrogens is 1. The summed E-state index contributed by atoms with van der Waals surface area (Å²) in [6.45, 7) is 11.1. The highest BCUT2D eigenvalue weighted by molar-refractivity contribution is 6.79. The van der Waals surface area contributed by atoms with Crippen LogP contribution in [0.15, 0.2) is 48.5 Å². The van der Waals surface area contributed by atoms with E-state index in [-0.39, 0.29) is 25.6 Å². The van der Waals surface area contributed by atoms with Crippen LogP contribution in [0.25, 0.3) is 21.8 Å². The lowest BCUT2D eigenvalue weighted by Gasteiger charge is -2.44. The Bertz CT molecular complexity index is 2090. The van der Waals surface area contributed by atoms with Gasteiger partial charge in [0.15, 0.2) is 8.24 Å². The van der Waals surface area contributed by atoms with Gasteiger partial charge in [-0.3, -0.25) is 9.59 Å². The minimum absolute atomic E-state index is 0. The van der Waals surface area contributed by atoms with Crippen LogP contribution in [0, 0.1) is 24.7 Å². The molecule has 54 heavy (non-hydrogen) atoms. The van der Waals surface area contributed by atoms with Crippen LogP contribution in [0.2, 0.25) is 18.1 Å².